The zero-order valence-electron chi connectivity index (χ0n) is 12.9. The van der Waals surface area contributed by atoms with Gasteiger partial charge in [-0.2, -0.15) is 0 Å². The third-order valence-electron chi connectivity index (χ3n) is 3.31. The fourth-order valence-electron chi connectivity index (χ4n) is 1.97. The first kappa shape index (κ1) is 16.6. The van der Waals surface area contributed by atoms with Crippen molar-refractivity contribution >= 4 is 17.7 Å². The highest BCUT2D eigenvalue weighted by atomic mass is 32.2. The van der Waals surface area contributed by atoms with Crippen LogP contribution >= 0.6 is 11.8 Å². The number of amides is 1. The SMILES string of the molecule is CC(O)CCN(C)C(=O)c1occc1CSc1ccccc1. The molecule has 1 amide bonds. The lowest BCUT2D eigenvalue weighted by Crippen LogP contribution is -2.29. The van der Waals surface area contributed by atoms with Crippen molar-refractivity contribution in [1.29, 1.82) is 0 Å². The number of hydrogen-bond donors (Lipinski definition) is 1. The van der Waals surface area contributed by atoms with Gasteiger partial charge in [-0.3, -0.25) is 4.79 Å². The molecule has 2 aromatic rings. The number of thioether (sulfide) groups is 1. The summed E-state index contributed by atoms with van der Waals surface area (Å²) in [6, 6.07) is 11.9. The van der Waals surface area contributed by atoms with Gasteiger partial charge < -0.3 is 14.4 Å². The van der Waals surface area contributed by atoms with Crippen molar-refractivity contribution in [2.24, 2.45) is 0 Å². The third kappa shape index (κ3) is 4.64. The minimum atomic E-state index is -0.417. The van der Waals surface area contributed by atoms with E-state index in [1.165, 1.54) is 0 Å². The average molecular weight is 319 g/mol. The minimum absolute atomic E-state index is 0.144. The molecule has 0 radical (unpaired) electrons. The van der Waals surface area contributed by atoms with Crippen LogP contribution in [0, 0.1) is 0 Å². The molecule has 0 fully saturated rings. The monoisotopic (exact) mass is 319 g/mol. The van der Waals surface area contributed by atoms with Gasteiger partial charge in [0.2, 0.25) is 0 Å². The van der Waals surface area contributed by atoms with Crippen LogP contribution in [0.1, 0.15) is 29.5 Å². The van der Waals surface area contributed by atoms with E-state index < -0.39 is 6.10 Å². The van der Waals surface area contributed by atoms with Crippen LogP contribution in [0.25, 0.3) is 0 Å². The van der Waals surface area contributed by atoms with E-state index in [0.29, 0.717) is 24.5 Å². The van der Waals surface area contributed by atoms with Crippen molar-refractivity contribution in [3.05, 3.63) is 54.0 Å². The first-order chi connectivity index (χ1) is 10.6. The molecule has 0 spiro atoms. The summed E-state index contributed by atoms with van der Waals surface area (Å²) in [5, 5.41) is 9.31. The van der Waals surface area contributed by atoms with E-state index in [4.69, 9.17) is 4.42 Å². The van der Waals surface area contributed by atoms with Crippen LogP contribution in [0.2, 0.25) is 0 Å². The molecule has 1 aromatic carbocycles. The maximum Gasteiger partial charge on any atom is 0.289 e. The van der Waals surface area contributed by atoms with Crippen molar-refractivity contribution < 1.29 is 14.3 Å². The molecule has 0 aliphatic carbocycles. The molecule has 1 aromatic heterocycles. The number of rotatable bonds is 7. The van der Waals surface area contributed by atoms with E-state index in [1.54, 1.807) is 36.9 Å². The normalized spacial score (nSPS) is 12.1. The Labute approximate surface area is 135 Å². The van der Waals surface area contributed by atoms with Crippen molar-refractivity contribution in [1.82, 2.24) is 4.90 Å². The highest BCUT2D eigenvalue weighted by Crippen LogP contribution is 2.25. The van der Waals surface area contributed by atoms with Crippen LogP contribution in [-0.2, 0) is 5.75 Å². The molecule has 5 heteroatoms. The molecule has 0 saturated carbocycles. The van der Waals surface area contributed by atoms with E-state index >= 15 is 0 Å². The quantitative estimate of drug-likeness (QED) is 0.795. The smallest absolute Gasteiger partial charge is 0.289 e. The molecular formula is C17H21NO3S. The van der Waals surface area contributed by atoms with Gasteiger partial charge in [0.15, 0.2) is 5.76 Å². The number of aliphatic hydroxyl groups is 1. The summed E-state index contributed by atoms with van der Waals surface area (Å²) in [6.45, 7) is 2.22. The van der Waals surface area contributed by atoms with E-state index in [-0.39, 0.29) is 5.91 Å². The molecule has 2 rings (SSSR count). The molecule has 22 heavy (non-hydrogen) atoms. The lowest BCUT2D eigenvalue weighted by Gasteiger charge is -2.17. The Morgan fingerprint density at radius 2 is 2.05 bits per heavy atom. The molecule has 0 aliphatic heterocycles. The average Bonchev–Trinajstić information content (AvgIpc) is 2.99. The summed E-state index contributed by atoms with van der Waals surface area (Å²) in [5.41, 5.74) is 0.891. The van der Waals surface area contributed by atoms with Gasteiger partial charge in [0, 0.05) is 29.8 Å². The fraction of sp³-hybridized carbons (Fsp3) is 0.353. The Balaban J connectivity index is 1.98. The minimum Gasteiger partial charge on any atom is -0.459 e. The second-order valence-electron chi connectivity index (χ2n) is 5.24. The van der Waals surface area contributed by atoms with Gasteiger partial charge in [-0.1, -0.05) is 18.2 Å². The van der Waals surface area contributed by atoms with Gasteiger partial charge in [-0.25, -0.2) is 0 Å². The number of aliphatic hydroxyl groups excluding tert-OH is 1. The van der Waals surface area contributed by atoms with Gasteiger partial charge in [0.25, 0.3) is 5.91 Å². The number of hydrogen-bond acceptors (Lipinski definition) is 4. The van der Waals surface area contributed by atoms with Crippen LogP contribution in [0.4, 0.5) is 0 Å². The summed E-state index contributed by atoms with van der Waals surface area (Å²) >= 11 is 1.67. The topological polar surface area (TPSA) is 53.7 Å². The third-order valence-corrected chi connectivity index (χ3v) is 4.37. The first-order valence-electron chi connectivity index (χ1n) is 7.25. The Bertz CT molecular complexity index is 595. The number of nitrogens with zero attached hydrogens (tertiary/aromatic N) is 1. The largest absolute Gasteiger partial charge is 0.459 e. The number of carbonyl (C=O) groups is 1. The molecule has 0 aliphatic rings. The zero-order valence-corrected chi connectivity index (χ0v) is 13.7. The first-order valence-corrected chi connectivity index (χ1v) is 8.24. The number of benzene rings is 1. The van der Waals surface area contributed by atoms with Crippen LogP contribution in [0.5, 0.6) is 0 Å². The van der Waals surface area contributed by atoms with Crippen LogP contribution in [0.3, 0.4) is 0 Å². The molecule has 0 saturated heterocycles. The van der Waals surface area contributed by atoms with E-state index in [1.807, 2.05) is 36.4 Å². The van der Waals surface area contributed by atoms with Crippen molar-refractivity contribution in [2.45, 2.75) is 30.1 Å². The summed E-state index contributed by atoms with van der Waals surface area (Å²) < 4.78 is 5.38. The Kier molecular flexibility index (Phi) is 6.10. The summed E-state index contributed by atoms with van der Waals surface area (Å²) in [5.74, 6) is 0.928. The van der Waals surface area contributed by atoms with Crippen molar-refractivity contribution in [3.63, 3.8) is 0 Å². The van der Waals surface area contributed by atoms with Crippen molar-refractivity contribution in [3.8, 4) is 0 Å². The molecule has 1 unspecified atom stereocenters. The van der Waals surface area contributed by atoms with Gasteiger partial charge in [-0.15, -0.1) is 11.8 Å². The molecule has 1 heterocycles. The van der Waals surface area contributed by atoms with Gasteiger partial charge >= 0.3 is 0 Å². The van der Waals surface area contributed by atoms with Crippen LogP contribution < -0.4 is 0 Å². The maximum absolute atomic E-state index is 12.4. The van der Waals surface area contributed by atoms with Gasteiger partial charge in [0.1, 0.15) is 0 Å². The summed E-state index contributed by atoms with van der Waals surface area (Å²) in [7, 11) is 1.72. The molecule has 0 bridgehead atoms. The maximum atomic E-state index is 12.4. The summed E-state index contributed by atoms with van der Waals surface area (Å²) in [4.78, 5) is 15.1. The molecular weight excluding hydrogens is 298 g/mol. The molecule has 1 atom stereocenters. The van der Waals surface area contributed by atoms with E-state index in [0.717, 1.165) is 10.5 Å². The van der Waals surface area contributed by atoms with Crippen LogP contribution in [0.15, 0.2) is 52.0 Å². The Morgan fingerprint density at radius 1 is 1.32 bits per heavy atom. The summed E-state index contributed by atoms with van der Waals surface area (Å²) in [6.07, 6.45) is 1.69. The molecule has 4 nitrogen and oxygen atoms in total. The van der Waals surface area contributed by atoms with E-state index in [2.05, 4.69) is 0 Å². The fourth-order valence-corrected chi connectivity index (χ4v) is 2.87. The Hall–Kier alpha value is -1.72. The predicted molar refractivity (Wildman–Crippen MR) is 88.0 cm³/mol. The second kappa shape index (κ2) is 8.06. The van der Waals surface area contributed by atoms with Crippen molar-refractivity contribution in [2.75, 3.05) is 13.6 Å². The molecule has 118 valence electrons. The molecule has 1 N–H and O–H groups in total. The zero-order chi connectivity index (χ0) is 15.9. The Morgan fingerprint density at radius 3 is 2.73 bits per heavy atom. The van der Waals surface area contributed by atoms with Gasteiger partial charge in [0.05, 0.1) is 12.4 Å². The van der Waals surface area contributed by atoms with E-state index in [9.17, 15) is 9.90 Å². The predicted octanol–water partition coefficient (Wildman–Crippen LogP) is 3.41. The second-order valence-corrected chi connectivity index (χ2v) is 6.29. The van der Waals surface area contributed by atoms with Gasteiger partial charge in [-0.05, 0) is 31.5 Å². The standard InChI is InChI=1S/C17H21NO3S/c1-13(19)8-10-18(2)17(20)16-14(9-11-21-16)12-22-15-6-4-3-5-7-15/h3-7,9,11,13,19H,8,10,12H2,1-2H3. The lowest BCUT2D eigenvalue weighted by atomic mass is 10.2. The highest BCUT2D eigenvalue weighted by Gasteiger charge is 2.19. The van der Waals surface area contributed by atoms with Crippen LogP contribution in [-0.4, -0.2) is 35.6 Å². The number of carbonyl (C=O) groups excluding carboxylic acids is 1. The number of furan rings is 1. The lowest BCUT2D eigenvalue weighted by molar-refractivity contribution is 0.0737. The highest BCUT2D eigenvalue weighted by molar-refractivity contribution is 7.98.